The van der Waals surface area contributed by atoms with Crippen LogP contribution in [0.1, 0.15) is 0 Å². The molecule has 0 amide bonds. The molecule has 4 heteroatoms. The van der Waals surface area contributed by atoms with E-state index in [2.05, 4.69) is 169 Å². The SMILES string of the molecule is Cn1c(-c2ccc(-c3ccc4c(c3)sc3c5ccc(-c6cccc(-c7cc8ccccc8n7C)c6)cc5sc43)cc2)cc2ccccc21. The molecule has 10 aromatic rings. The molecule has 0 N–H and O–H groups in total. The van der Waals surface area contributed by atoms with E-state index in [1.165, 1.54) is 96.1 Å². The van der Waals surface area contributed by atoms with Crippen molar-refractivity contribution in [2.24, 2.45) is 14.1 Å². The molecule has 0 fully saturated rings. The standard InChI is InChI=1S/C44H30N2S2/c1-45-37-12-5-3-8-33(37)23-39(45)28-16-14-27(15-17-28)30-18-20-35-41(25-30)47-44-36-21-19-31(26-42(36)48-43(35)44)29-10-7-11-32(22-29)40-24-34-9-4-6-13-38(34)46(40)2/h3-26H,1-2H3. The van der Waals surface area contributed by atoms with Crippen molar-refractivity contribution in [2.45, 2.75) is 0 Å². The van der Waals surface area contributed by atoms with E-state index in [0.29, 0.717) is 0 Å². The summed E-state index contributed by atoms with van der Waals surface area (Å²) < 4.78 is 10.1. The van der Waals surface area contributed by atoms with E-state index in [1.807, 2.05) is 22.7 Å². The first kappa shape index (κ1) is 27.7. The number of fused-ring (bicyclic) bond motifs is 7. The summed E-state index contributed by atoms with van der Waals surface area (Å²) in [6.07, 6.45) is 0. The van der Waals surface area contributed by atoms with Gasteiger partial charge in [0.15, 0.2) is 0 Å². The Morgan fingerprint density at radius 1 is 0.375 bits per heavy atom. The first-order valence-corrected chi connectivity index (χ1v) is 17.9. The van der Waals surface area contributed by atoms with Gasteiger partial charge in [-0.1, -0.05) is 103 Å². The summed E-state index contributed by atoms with van der Waals surface area (Å²) in [7, 11) is 4.31. The highest BCUT2D eigenvalue weighted by molar-refractivity contribution is 7.36. The molecule has 0 radical (unpaired) electrons. The van der Waals surface area contributed by atoms with E-state index in [1.54, 1.807) is 0 Å². The smallest absolute Gasteiger partial charge is 0.0542 e. The lowest BCUT2D eigenvalue weighted by molar-refractivity contribution is 0.978. The first-order chi connectivity index (χ1) is 23.6. The van der Waals surface area contributed by atoms with Crippen LogP contribution in [0.4, 0.5) is 0 Å². The Balaban J connectivity index is 0.979. The second-order valence-electron chi connectivity index (χ2n) is 12.7. The van der Waals surface area contributed by atoms with Gasteiger partial charge in [0.2, 0.25) is 0 Å². The van der Waals surface area contributed by atoms with Gasteiger partial charge in [0.1, 0.15) is 0 Å². The molecule has 0 atom stereocenters. The van der Waals surface area contributed by atoms with Crippen LogP contribution in [0.25, 0.3) is 96.1 Å². The molecule has 0 bridgehead atoms. The normalized spacial score (nSPS) is 12.0. The maximum atomic E-state index is 2.38. The molecule has 6 aromatic carbocycles. The first-order valence-electron chi connectivity index (χ1n) is 16.3. The zero-order valence-corrected chi connectivity index (χ0v) is 28.2. The number of hydrogen-bond donors (Lipinski definition) is 0. The van der Waals surface area contributed by atoms with Gasteiger partial charge in [-0.3, -0.25) is 0 Å². The van der Waals surface area contributed by atoms with Crippen LogP contribution in [-0.4, -0.2) is 9.13 Å². The maximum Gasteiger partial charge on any atom is 0.0542 e. The molecule has 10 rings (SSSR count). The fraction of sp³-hybridized carbons (Fsp3) is 0.0455. The molecule has 0 saturated carbocycles. The average Bonchev–Trinajstić information content (AvgIpc) is 3.87. The van der Waals surface area contributed by atoms with Crippen LogP contribution in [0.2, 0.25) is 0 Å². The summed E-state index contributed by atoms with van der Waals surface area (Å²) in [5.74, 6) is 0. The number of nitrogens with zero attached hydrogens (tertiary/aromatic N) is 2. The number of benzene rings is 6. The minimum absolute atomic E-state index is 1.24. The van der Waals surface area contributed by atoms with Gasteiger partial charge in [-0.25, -0.2) is 0 Å². The quantitative estimate of drug-likeness (QED) is 0.179. The third kappa shape index (κ3) is 4.23. The second-order valence-corrected chi connectivity index (χ2v) is 14.8. The van der Waals surface area contributed by atoms with Gasteiger partial charge >= 0.3 is 0 Å². The monoisotopic (exact) mass is 650 g/mol. The van der Waals surface area contributed by atoms with Gasteiger partial charge in [-0.05, 0) is 75.8 Å². The van der Waals surface area contributed by atoms with Crippen LogP contribution in [0, 0.1) is 0 Å². The molecular formula is C44H30N2S2. The molecule has 0 spiro atoms. The van der Waals surface area contributed by atoms with E-state index in [-0.39, 0.29) is 0 Å². The molecule has 4 heterocycles. The van der Waals surface area contributed by atoms with Crippen molar-refractivity contribution >= 4 is 74.1 Å². The number of hydrogen-bond acceptors (Lipinski definition) is 2. The third-order valence-corrected chi connectivity index (χ3v) is 12.5. The van der Waals surface area contributed by atoms with Crippen molar-refractivity contribution in [3.05, 3.63) is 146 Å². The number of para-hydroxylation sites is 2. The predicted octanol–water partition coefficient (Wildman–Crippen LogP) is 12.9. The summed E-state index contributed by atoms with van der Waals surface area (Å²) in [5, 5.41) is 5.25. The van der Waals surface area contributed by atoms with Crippen molar-refractivity contribution in [2.75, 3.05) is 0 Å². The van der Waals surface area contributed by atoms with Crippen molar-refractivity contribution in [3.63, 3.8) is 0 Å². The zero-order chi connectivity index (χ0) is 31.9. The van der Waals surface area contributed by atoms with Crippen LogP contribution >= 0.6 is 22.7 Å². The summed E-state index contributed by atoms with van der Waals surface area (Å²) in [5.41, 5.74) is 12.5. The Morgan fingerprint density at radius 3 is 1.42 bits per heavy atom. The summed E-state index contributed by atoms with van der Waals surface area (Å²) in [4.78, 5) is 0. The Hall–Kier alpha value is -5.42. The Bertz CT molecular complexity index is 2860. The fourth-order valence-corrected chi connectivity index (χ4v) is 10.2. The largest absolute Gasteiger partial charge is 0.344 e. The molecule has 2 nitrogen and oxygen atoms in total. The van der Waals surface area contributed by atoms with Gasteiger partial charge in [-0.15, -0.1) is 22.7 Å². The van der Waals surface area contributed by atoms with Crippen LogP contribution < -0.4 is 0 Å². The summed E-state index contributed by atoms with van der Waals surface area (Å²) >= 11 is 3.84. The van der Waals surface area contributed by atoms with Gasteiger partial charge in [0.05, 0.1) is 9.40 Å². The van der Waals surface area contributed by atoms with Crippen LogP contribution in [0.15, 0.2) is 146 Å². The predicted molar refractivity (Wildman–Crippen MR) is 209 cm³/mol. The van der Waals surface area contributed by atoms with Crippen LogP contribution in [-0.2, 0) is 14.1 Å². The molecule has 4 aromatic heterocycles. The highest BCUT2D eigenvalue weighted by atomic mass is 32.1. The number of thiophene rings is 2. The van der Waals surface area contributed by atoms with E-state index in [4.69, 9.17) is 0 Å². The Morgan fingerprint density at radius 2 is 0.833 bits per heavy atom. The molecule has 48 heavy (non-hydrogen) atoms. The lowest BCUT2D eigenvalue weighted by Crippen LogP contribution is -1.91. The molecular weight excluding hydrogens is 621 g/mol. The highest BCUT2D eigenvalue weighted by Crippen LogP contribution is 2.46. The molecule has 0 saturated heterocycles. The van der Waals surface area contributed by atoms with Crippen molar-refractivity contribution in [1.29, 1.82) is 0 Å². The van der Waals surface area contributed by atoms with Crippen molar-refractivity contribution < 1.29 is 0 Å². The number of aryl methyl sites for hydroxylation is 2. The van der Waals surface area contributed by atoms with E-state index < -0.39 is 0 Å². The fourth-order valence-electron chi connectivity index (χ4n) is 7.44. The third-order valence-electron chi connectivity index (χ3n) is 9.99. The number of aromatic nitrogens is 2. The minimum Gasteiger partial charge on any atom is -0.344 e. The molecule has 0 unspecified atom stereocenters. The molecule has 0 aliphatic heterocycles. The van der Waals surface area contributed by atoms with E-state index in [9.17, 15) is 0 Å². The summed E-state index contributed by atoms with van der Waals surface area (Å²) in [6.45, 7) is 0. The number of rotatable bonds is 4. The van der Waals surface area contributed by atoms with Crippen molar-refractivity contribution in [3.8, 4) is 44.8 Å². The molecule has 0 aliphatic carbocycles. The summed E-state index contributed by atoms with van der Waals surface area (Å²) in [6, 6.07) is 53.7. The molecule has 0 aliphatic rings. The van der Waals surface area contributed by atoms with E-state index in [0.717, 1.165) is 0 Å². The van der Waals surface area contributed by atoms with Gasteiger partial charge in [0, 0.05) is 67.5 Å². The topological polar surface area (TPSA) is 9.86 Å². The van der Waals surface area contributed by atoms with Gasteiger partial charge in [-0.2, -0.15) is 0 Å². The van der Waals surface area contributed by atoms with Gasteiger partial charge in [0.25, 0.3) is 0 Å². The van der Waals surface area contributed by atoms with Crippen molar-refractivity contribution in [1.82, 2.24) is 9.13 Å². The van der Waals surface area contributed by atoms with Gasteiger partial charge < -0.3 is 9.13 Å². The van der Waals surface area contributed by atoms with Crippen LogP contribution in [0.3, 0.4) is 0 Å². The highest BCUT2D eigenvalue weighted by Gasteiger charge is 2.15. The van der Waals surface area contributed by atoms with Crippen LogP contribution in [0.5, 0.6) is 0 Å². The second kappa shape index (κ2) is 10.5. The lowest BCUT2D eigenvalue weighted by atomic mass is 10.0. The zero-order valence-electron chi connectivity index (χ0n) is 26.6. The molecule has 228 valence electrons. The maximum absolute atomic E-state index is 2.38. The Kier molecular flexibility index (Phi) is 6.08. The lowest BCUT2D eigenvalue weighted by Gasteiger charge is -2.08. The minimum atomic E-state index is 1.24. The average molecular weight is 651 g/mol. The Labute approximate surface area is 286 Å². The van der Waals surface area contributed by atoms with E-state index >= 15 is 0 Å².